The van der Waals surface area contributed by atoms with Crippen LogP contribution >= 0.6 is 0 Å². The molecule has 4 nitrogen and oxygen atoms in total. The molecule has 4 heteroatoms. The summed E-state index contributed by atoms with van der Waals surface area (Å²) in [6.07, 6.45) is 2.02. The van der Waals surface area contributed by atoms with Gasteiger partial charge in [0.25, 0.3) is 0 Å². The minimum absolute atomic E-state index is 0.387. The molecule has 0 aliphatic heterocycles. The molecule has 0 saturated carbocycles. The Hall–Kier alpha value is -1.06. The van der Waals surface area contributed by atoms with Crippen LogP contribution in [0.3, 0.4) is 0 Å². The number of unbranched alkanes of at least 4 members (excludes halogenated alkanes) is 1. The van der Waals surface area contributed by atoms with Crippen molar-refractivity contribution in [2.75, 3.05) is 7.05 Å². The summed E-state index contributed by atoms with van der Waals surface area (Å²) in [5, 5.41) is 11.3. The second-order valence-corrected chi connectivity index (χ2v) is 3.32. The molecule has 0 fully saturated rings. The Balaban J connectivity index is 4.52. The summed E-state index contributed by atoms with van der Waals surface area (Å²) in [5.74, 6) is -1.48. The number of carbonyl (C=O) groups excluding carboxylic acids is 1. The lowest BCUT2D eigenvalue weighted by Gasteiger charge is -2.22. The fraction of sp³-hybridized carbons (Fsp3) is 0.778. The molecule has 1 atom stereocenters. The summed E-state index contributed by atoms with van der Waals surface area (Å²) >= 11 is 0. The van der Waals surface area contributed by atoms with Crippen LogP contribution in [0.1, 0.15) is 33.1 Å². The van der Waals surface area contributed by atoms with Gasteiger partial charge in [0.15, 0.2) is 0 Å². The van der Waals surface area contributed by atoms with Gasteiger partial charge in [-0.25, -0.2) is 0 Å². The Morgan fingerprint density at radius 3 is 2.31 bits per heavy atom. The number of nitrogens with one attached hydrogen (secondary N) is 1. The van der Waals surface area contributed by atoms with Gasteiger partial charge in [0.05, 0.1) is 0 Å². The van der Waals surface area contributed by atoms with Gasteiger partial charge < -0.3 is 10.4 Å². The number of carboxylic acids is 1. The highest BCUT2D eigenvalue weighted by Gasteiger charge is 2.39. The molecule has 1 unspecified atom stereocenters. The first-order valence-electron chi connectivity index (χ1n) is 4.44. The molecular formula is C9H17NO3. The third kappa shape index (κ3) is 2.72. The molecule has 0 aliphatic carbocycles. The molecule has 0 heterocycles. The Bertz CT molecular complexity index is 203. The van der Waals surface area contributed by atoms with E-state index in [4.69, 9.17) is 5.11 Å². The molecule has 76 valence electrons. The Morgan fingerprint density at radius 2 is 2.00 bits per heavy atom. The predicted octanol–water partition coefficient (Wildman–Crippen LogP) is 1.01. The molecule has 0 aromatic heterocycles. The van der Waals surface area contributed by atoms with Crippen LogP contribution in [0.15, 0.2) is 0 Å². The smallest absolute Gasteiger partial charge is 0.318 e. The monoisotopic (exact) mass is 187 g/mol. The first-order valence-corrected chi connectivity index (χ1v) is 4.44. The second-order valence-electron chi connectivity index (χ2n) is 3.32. The minimum Gasteiger partial charge on any atom is -0.480 e. The Labute approximate surface area is 78.3 Å². The predicted molar refractivity (Wildman–Crippen MR) is 49.3 cm³/mol. The van der Waals surface area contributed by atoms with Crippen molar-refractivity contribution < 1.29 is 14.7 Å². The first kappa shape index (κ1) is 11.9. The van der Waals surface area contributed by atoms with E-state index in [1.165, 1.54) is 14.0 Å². The van der Waals surface area contributed by atoms with E-state index >= 15 is 0 Å². The van der Waals surface area contributed by atoms with Crippen molar-refractivity contribution in [1.29, 1.82) is 0 Å². The maximum absolute atomic E-state index is 11.3. The van der Waals surface area contributed by atoms with E-state index in [9.17, 15) is 9.59 Å². The number of hydrogen-bond donors (Lipinski definition) is 2. The number of rotatable bonds is 5. The Morgan fingerprint density at radius 1 is 1.46 bits per heavy atom. The zero-order valence-corrected chi connectivity index (χ0v) is 8.39. The fourth-order valence-electron chi connectivity index (χ4n) is 1.12. The maximum Gasteiger partial charge on any atom is 0.318 e. The van der Waals surface area contributed by atoms with Crippen LogP contribution in [-0.4, -0.2) is 24.0 Å². The van der Waals surface area contributed by atoms with Gasteiger partial charge in [-0.3, -0.25) is 9.59 Å². The van der Waals surface area contributed by atoms with Gasteiger partial charge in [-0.15, -0.1) is 0 Å². The largest absolute Gasteiger partial charge is 0.480 e. The number of carbonyl (C=O) groups is 2. The van der Waals surface area contributed by atoms with Crippen molar-refractivity contribution in [3.8, 4) is 0 Å². The van der Waals surface area contributed by atoms with Crippen molar-refractivity contribution in [3.63, 3.8) is 0 Å². The molecule has 2 N–H and O–H groups in total. The zero-order valence-electron chi connectivity index (χ0n) is 8.39. The molecule has 0 aromatic rings. The molecule has 0 radical (unpaired) electrons. The van der Waals surface area contributed by atoms with E-state index in [0.717, 1.165) is 12.8 Å². The van der Waals surface area contributed by atoms with Gasteiger partial charge in [0.1, 0.15) is 5.41 Å². The minimum atomic E-state index is -1.27. The molecule has 0 rings (SSSR count). The normalized spacial score (nSPS) is 14.7. The lowest BCUT2D eigenvalue weighted by Crippen LogP contribution is -2.43. The van der Waals surface area contributed by atoms with E-state index in [2.05, 4.69) is 5.32 Å². The average molecular weight is 187 g/mol. The van der Waals surface area contributed by atoms with Crippen LogP contribution in [0.25, 0.3) is 0 Å². The van der Waals surface area contributed by atoms with Crippen LogP contribution in [0.4, 0.5) is 0 Å². The van der Waals surface area contributed by atoms with Crippen molar-refractivity contribution in [2.45, 2.75) is 33.1 Å². The number of amides is 1. The molecule has 0 saturated heterocycles. The highest BCUT2D eigenvalue weighted by atomic mass is 16.4. The highest BCUT2D eigenvalue weighted by molar-refractivity contribution is 6.01. The fourth-order valence-corrected chi connectivity index (χ4v) is 1.12. The average Bonchev–Trinajstić information content (AvgIpc) is 2.12. The van der Waals surface area contributed by atoms with Gasteiger partial charge in [0, 0.05) is 7.05 Å². The van der Waals surface area contributed by atoms with Gasteiger partial charge in [-0.1, -0.05) is 19.8 Å². The number of hydrogen-bond acceptors (Lipinski definition) is 2. The quantitative estimate of drug-likeness (QED) is 0.631. The summed E-state index contributed by atoms with van der Waals surface area (Å²) in [6.45, 7) is 3.43. The van der Waals surface area contributed by atoms with Gasteiger partial charge in [-0.05, 0) is 13.3 Å². The van der Waals surface area contributed by atoms with E-state index < -0.39 is 17.3 Å². The summed E-state index contributed by atoms with van der Waals surface area (Å²) in [7, 11) is 1.45. The second kappa shape index (κ2) is 4.84. The van der Waals surface area contributed by atoms with Gasteiger partial charge in [0.2, 0.25) is 5.91 Å². The number of carboxylic acid groups (broad SMARTS) is 1. The summed E-state index contributed by atoms with van der Waals surface area (Å²) in [4.78, 5) is 22.2. The van der Waals surface area contributed by atoms with Crippen molar-refractivity contribution >= 4 is 11.9 Å². The van der Waals surface area contributed by atoms with Crippen LogP contribution in [0, 0.1) is 5.41 Å². The Kier molecular flexibility index (Phi) is 4.45. The van der Waals surface area contributed by atoms with Crippen LogP contribution in [-0.2, 0) is 9.59 Å². The van der Waals surface area contributed by atoms with Crippen molar-refractivity contribution in [2.24, 2.45) is 5.41 Å². The van der Waals surface area contributed by atoms with E-state index in [0.29, 0.717) is 6.42 Å². The molecule has 0 aliphatic rings. The third-order valence-electron chi connectivity index (χ3n) is 2.23. The van der Waals surface area contributed by atoms with Gasteiger partial charge in [-0.2, -0.15) is 0 Å². The topological polar surface area (TPSA) is 66.4 Å². The molecule has 13 heavy (non-hydrogen) atoms. The standard InChI is InChI=1S/C9H17NO3/c1-4-5-6-9(2,8(12)13)7(11)10-3/h4-6H2,1-3H3,(H,10,11)(H,12,13). The van der Waals surface area contributed by atoms with E-state index in [-0.39, 0.29) is 0 Å². The van der Waals surface area contributed by atoms with Crippen LogP contribution < -0.4 is 5.32 Å². The van der Waals surface area contributed by atoms with E-state index in [1.807, 2.05) is 6.92 Å². The van der Waals surface area contributed by atoms with Crippen LogP contribution in [0.2, 0.25) is 0 Å². The molecule has 1 amide bonds. The van der Waals surface area contributed by atoms with Crippen molar-refractivity contribution in [3.05, 3.63) is 0 Å². The summed E-state index contributed by atoms with van der Waals surface area (Å²) < 4.78 is 0. The van der Waals surface area contributed by atoms with Crippen LogP contribution in [0.5, 0.6) is 0 Å². The number of aliphatic carboxylic acids is 1. The zero-order chi connectivity index (χ0) is 10.5. The summed E-state index contributed by atoms with van der Waals surface area (Å²) in [6, 6.07) is 0. The SMILES string of the molecule is CCCCC(C)(C(=O)O)C(=O)NC. The molecule has 0 aromatic carbocycles. The molecule has 0 spiro atoms. The lowest BCUT2D eigenvalue weighted by molar-refractivity contribution is -0.155. The van der Waals surface area contributed by atoms with Gasteiger partial charge >= 0.3 is 5.97 Å². The third-order valence-corrected chi connectivity index (χ3v) is 2.23. The lowest BCUT2D eigenvalue weighted by atomic mass is 9.84. The van der Waals surface area contributed by atoms with E-state index in [1.54, 1.807) is 0 Å². The van der Waals surface area contributed by atoms with Crippen molar-refractivity contribution in [1.82, 2.24) is 5.32 Å². The first-order chi connectivity index (χ1) is 5.99. The highest BCUT2D eigenvalue weighted by Crippen LogP contribution is 2.24. The molecular weight excluding hydrogens is 170 g/mol. The summed E-state index contributed by atoms with van der Waals surface area (Å²) in [5.41, 5.74) is -1.27. The maximum atomic E-state index is 11.3. The molecule has 0 bridgehead atoms.